The van der Waals surface area contributed by atoms with E-state index < -0.39 is 0 Å². The van der Waals surface area contributed by atoms with Gasteiger partial charge in [0.2, 0.25) is 5.91 Å². The molecular formula is C21H31N7O. The zero-order valence-electron chi connectivity index (χ0n) is 17.5. The Hall–Kier alpha value is -2.22. The van der Waals surface area contributed by atoms with Crippen molar-refractivity contribution < 1.29 is 4.79 Å². The molecule has 2 aromatic rings. The lowest BCUT2D eigenvalue weighted by molar-refractivity contribution is -0.130. The molecule has 4 heterocycles. The van der Waals surface area contributed by atoms with Crippen LogP contribution in [0.1, 0.15) is 50.8 Å². The fourth-order valence-electron chi connectivity index (χ4n) is 4.86. The highest BCUT2D eigenvalue weighted by Crippen LogP contribution is 2.35. The summed E-state index contributed by atoms with van der Waals surface area (Å²) in [5, 5.41) is 13.5. The second-order valence-electron chi connectivity index (χ2n) is 9.12. The Balaban J connectivity index is 1.19. The predicted molar refractivity (Wildman–Crippen MR) is 111 cm³/mol. The maximum Gasteiger partial charge on any atom is 0.219 e. The van der Waals surface area contributed by atoms with Gasteiger partial charge in [-0.25, -0.2) is 0 Å². The summed E-state index contributed by atoms with van der Waals surface area (Å²) in [5.74, 6) is 3.36. The van der Waals surface area contributed by atoms with Crippen LogP contribution in [0.5, 0.6) is 0 Å². The van der Waals surface area contributed by atoms with Crippen molar-refractivity contribution in [2.24, 2.45) is 5.92 Å². The van der Waals surface area contributed by atoms with Gasteiger partial charge in [0.25, 0.3) is 0 Å². The van der Waals surface area contributed by atoms with Crippen molar-refractivity contribution in [1.82, 2.24) is 29.6 Å². The van der Waals surface area contributed by atoms with E-state index in [1.54, 1.807) is 6.92 Å². The second-order valence-corrected chi connectivity index (χ2v) is 9.12. The summed E-state index contributed by atoms with van der Waals surface area (Å²) in [6.45, 7) is 6.58. The largest absolute Gasteiger partial charge is 0.352 e. The molecule has 1 aliphatic carbocycles. The third-order valence-corrected chi connectivity index (χ3v) is 7.06. The Labute approximate surface area is 171 Å². The monoisotopic (exact) mass is 397 g/mol. The molecule has 2 aliphatic heterocycles. The molecule has 2 saturated heterocycles. The number of likely N-dealkylation sites (tertiary alicyclic amines) is 1. The molecule has 29 heavy (non-hydrogen) atoms. The average molecular weight is 398 g/mol. The number of rotatable bonds is 5. The second kappa shape index (κ2) is 7.55. The molecule has 1 atom stereocenters. The van der Waals surface area contributed by atoms with E-state index in [1.165, 1.54) is 25.7 Å². The number of amides is 1. The summed E-state index contributed by atoms with van der Waals surface area (Å²) in [5.41, 5.74) is 0.845. The number of fused-ring (bicyclic) bond motifs is 1. The van der Waals surface area contributed by atoms with Gasteiger partial charge in [-0.3, -0.25) is 9.69 Å². The lowest BCUT2D eigenvalue weighted by Crippen LogP contribution is -2.60. The van der Waals surface area contributed by atoms with Gasteiger partial charge in [-0.15, -0.1) is 15.3 Å². The van der Waals surface area contributed by atoms with E-state index >= 15 is 0 Å². The lowest BCUT2D eigenvalue weighted by atomic mass is 9.85. The first-order valence-electron chi connectivity index (χ1n) is 11.0. The molecule has 0 spiro atoms. The van der Waals surface area contributed by atoms with Crippen LogP contribution in [-0.2, 0) is 4.79 Å². The fraction of sp³-hybridized carbons (Fsp3) is 0.714. The van der Waals surface area contributed by atoms with Crippen LogP contribution in [0.4, 0.5) is 5.82 Å². The van der Waals surface area contributed by atoms with E-state index in [-0.39, 0.29) is 5.91 Å². The van der Waals surface area contributed by atoms with Gasteiger partial charge in [-0.1, -0.05) is 6.42 Å². The number of carbonyl (C=O) groups is 1. The third kappa shape index (κ3) is 3.58. The highest BCUT2D eigenvalue weighted by Gasteiger charge is 2.33. The zero-order chi connectivity index (χ0) is 20.0. The average Bonchev–Trinajstić information content (AvgIpc) is 3.02. The number of anilines is 1. The molecule has 3 fully saturated rings. The molecule has 3 aliphatic rings. The van der Waals surface area contributed by atoms with Crippen LogP contribution in [0.2, 0.25) is 0 Å². The number of carbonyl (C=O) groups excluding carboxylic acids is 1. The van der Waals surface area contributed by atoms with Gasteiger partial charge in [-0.2, -0.15) is 4.52 Å². The van der Waals surface area contributed by atoms with E-state index in [2.05, 4.69) is 33.1 Å². The quantitative estimate of drug-likeness (QED) is 0.766. The summed E-state index contributed by atoms with van der Waals surface area (Å²) in [7, 11) is 2.22. The van der Waals surface area contributed by atoms with Crippen LogP contribution in [-0.4, -0.2) is 81.3 Å². The Morgan fingerprint density at radius 2 is 1.97 bits per heavy atom. The fourth-order valence-corrected chi connectivity index (χ4v) is 4.86. The maximum absolute atomic E-state index is 11.7. The molecule has 1 amide bonds. The minimum Gasteiger partial charge on any atom is -0.352 e. The van der Waals surface area contributed by atoms with E-state index in [4.69, 9.17) is 5.10 Å². The van der Waals surface area contributed by atoms with Gasteiger partial charge >= 0.3 is 0 Å². The predicted octanol–water partition coefficient (Wildman–Crippen LogP) is 1.77. The van der Waals surface area contributed by atoms with Crippen molar-refractivity contribution in [3.63, 3.8) is 0 Å². The first kappa shape index (κ1) is 18.8. The molecule has 5 rings (SSSR count). The highest BCUT2D eigenvalue weighted by atomic mass is 16.2. The first-order valence-corrected chi connectivity index (χ1v) is 11.0. The summed E-state index contributed by atoms with van der Waals surface area (Å²) in [6, 6.07) is 4.65. The van der Waals surface area contributed by atoms with Crippen molar-refractivity contribution >= 4 is 17.4 Å². The topological polar surface area (TPSA) is 69.9 Å². The van der Waals surface area contributed by atoms with Crippen molar-refractivity contribution in [3.05, 3.63) is 18.0 Å². The van der Waals surface area contributed by atoms with E-state index in [0.717, 1.165) is 56.4 Å². The molecule has 2 aromatic heterocycles. The molecule has 0 aromatic carbocycles. The number of hydrogen-bond donors (Lipinski definition) is 0. The van der Waals surface area contributed by atoms with Gasteiger partial charge in [0.05, 0.1) is 0 Å². The zero-order valence-corrected chi connectivity index (χ0v) is 17.5. The number of hydrogen-bond acceptors (Lipinski definition) is 6. The molecular weight excluding hydrogens is 366 g/mol. The minimum absolute atomic E-state index is 0.212. The van der Waals surface area contributed by atoms with Crippen LogP contribution < -0.4 is 4.90 Å². The summed E-state index contributed by atoms with van der Waals surface area (Å²) < 4.78 is 1.95. The Morgan fingerprint density at radius 1 is 1.14 bits per heavy atom. The smallest absolute Gasteiger partial charge is 0.219 e. The van der Waals surface area contributed by atoms with E-state index in [0.29, 0.717) is 17.9 Å². The minimum atomic E-state index is 0.212. The standard InChI is InChI=1S/C21H31N7O/c1-15(29)26-10-4-5-16(12-26)11-25(2)18-13-27(14-18)20-9-8-19-22-23-21(28(19)24-20)17-6-3-7-17/h8-9,16-18H,3-7,10-14H2,1-2H3. The number of aromatic nitrogens is 4. The van der Waals surface area contributed by atoms with Crippen molar-refractivity contribution in [2.75, 3.05) is 44.7 Å². The summed E-state index contributed by atoms with van der Waals surface area (Å²) in [4.78, 5) is 18.5. The number of nitrogens with zero attached hydrogens (tertiary/aromatic N) is 7. The normalized spacial score (nSPS) is 23.5. The highest BCUT2D eigenvalue weighted by molar-refractivity contribution is 5.73. The number of likely N-dealkylation sites (N-methyl/N-ethyl adjacent to an activating group) is 1. The van der Waals surface area contributed by atoms with Crippen LogP contribution in [0, 0.1) is 5.92 Å². The molecule has 0 bridgehead atoms. The van der Waals surface area contributed by atoms with Crippen molar-refractivity contribution in [3.8, 4) is 0 Å². The van der Waals surface area contributed by atoms with E-state index in [1.807, 2.05) is 15.5 Å². The van der Waals surface area contributed by atoms with Crippen LogP contribution in [0.3, 0.4) is 0 Å². The van der Waals surface area contributed by atoms with Gasteiger partial charge in [0.1, 0.15) is 5.82 Å². The molecule has 1 unspecified atom stereocenters. The molecule has 1 saturated carbocycles. The maximum atomic E-state index is 11.7. The van der Waals surface area contributed by atoms with Crippen LogP contribution in [0.25, 0.3) is 5.65 Å². The SMILES string of the molecule is CC(=O)N1CCCC(CN(C)C2CN(c3ccc4nnc(C5CCC5)n4n3)C2)C1. The van der Waals surface area contributed by atoms with Gasteiger partial charge < -0.3 is 9.80 Å². The first-order chi connectivity index (χ1) is 14.1. The van der Waals surface area contributed by atoms with Crippen molar-refractivity contribution in [1.29, 1.82) is 0 Å². The summed E-state index contributed by atoms with van der Waals surface area (Å²) in [6.07, 6.45) is 6.03. The summed E-state index contributed by atoms with van der Waals surface area (Å²) >= 11 is 0. The Morgan fingerprint density at radius 3 is 2.69 bits per heavy atom. The van der Waals surface area contributed by atoms with Crippen molar-refractivity contribution in [2.45, 2.75) is 51.0 Å². The lowest BCUT2D eigenvalue weighted by Gasteiger charge is -2.46. The third-order valence-electron chi connectivity index (χ3n) is 7.06. The van der Waals surface area contributed by atoms with E-state index in [9.17, 15) is 4.79 Å². The van der Waals surface area contributed by atoms with Crippen LogP contribution >= 0.6 is 0 Å². The molecule has 8 nitrogen and oxygen atoms in total. The van der Waals surface area contributed by atoms with Crippen LogP contribution in [0.15, 0.2) is 12.1 Å². The molecule has 0 N–H and O–H groups in total. The molecule has 0 radical (unpaired) electrons. The Bertz CT molecular complexity index is 886. The number of piperidine rings is 1. The van der Waals surface area contributed by atoms with Gasteiger partial charge in [0, 0.05) is 51.6 Å². The van der Waals surface area contributed by atoms with Gasteiger partial charge in [-0.05, 0) is 50.8 Å². The Kier molecular flexibility index (Phi) is 4.89. The molecule has 8 heteroatoms. The van der Waals surface area contributed by atoms with Gasteiger partial charge in [0.15, 0.2) is 11.5 Å². The molecule has 156 valence electrons.